The summed E-state index contributed by atoms with van der Waals surface area (Å²) in [5.74, 6) is 0.284. The molecule has 4 rings (SSSR count). The van der Waals surface area contributed by atoms with Gasteiger partial charge in [0, 0.05) is 52.6 Å². The van der Waals surface area contributed by atoms with Gasteiger partial charge in [-0.15, -0.1) is 0 Å². The second kappa shape index (κ2) is 10.7. The normalized spacial score (nSPS) is 15.7. The van der Waals surface area contributed by atoms with Gasteiger partial charge in [-0.1, -0.05) is 0 Å². The van der Waals surface area contributed by atoms with Crippen LogP contribution >= 0.6 is 0 Å². The standard InChI is InChI=1S/C23H29N5O7/c1-15(31)26-6-8-27(9-7-26)19-3-2-17(22(25-19)34-13-12-30)24-21(32)16-14-35-18-4-5-28(10-11-29)23(33)20(16)18/h2-3,14,29-30H,4-13H2,1H3,(H,24,32). The number of hydrogen-bond donors (Lipinski definition) is 3. The van der Waals surface area contributed by atoms with Crippen molar-refractivity contribution in [1.82, 2.24) is 14.8 Å². The van der Waals surface area contributed by atoms with E-state index in [4.69, 9.17) is 9.15 Å². The number of nitrogens with zero attached hydrogens (tertiary/aromatic N) is 4. The molecule has 2 aliphatic rings. The van der Waals surface area contributed by atoms with Crippen molar-refractivity contribution in [1.29, 1.82) is 0 Å². The number of pyridine rings is 1. The van der Waals surface area contributed by atoms with Crippen molar-refractivity contribution in [3.05, 3.63) is 35.3 Å². The molecule has 0 aromatic carbocycles. The highest BCUT2D eigenvalue weighted by Crippen LogP contribution is 2.29. The summed E-state index contributed by atoms with van der Waals surface area (Å²) < 4.78 is 11.1. The molecule has 35 heavy (non-hydrogen) atoms. The van der Waals surface area contributed by atoms with Crippen LogP contribution in [0.1, 0.15) is 33.4 Å². The Morgan fingerprint density at radius 1 is 1.14 bits per heavy atom. The summed E-state index contributed by atoms with van der Waals surface area (Å²) in [6.07, 6.45) is 1.71. The van der Waals surface area contributed by atoms with E-state index in [1.165, 1.54) is 11.2 Å². The van der Waals surface area contributed by atoms with Crippen LogP contribution in [-0.2, 0) is 11.2 Å². The second-order valence-corrected chi connectivity index (χ2v) is 8.25. The van der Waals surface area contributed by atoms with E-state index in [0.717, 1.165) is 0 Å². The Morgan fingerprint density at radius 3 is 2.60 bits per heavy atom. The van der Waals surface area contributed by atoms with Crippen molar-refractivity contribution < 1.29 is 33.8 Å². The zero-order valence-corrected chi connectivity index (χ0v) is 19.5. The summed E-state index contributed by atoms with van der Waals surface area (Å²) in [4.78, 5) is 47.3. The summed E-state index contributed by atoms with van der Waals surface area (Å²) in [5, 5.41) is 21.2. The van der Waals surface area contributed by atoms with Crippen LogP contribution in [0.5, 0.6) is 5.88 Å². The fourth-order valence-electron chi connectivity index (χ4n) is 4.21. The van der Waals surface area contributed by atoms with Gasteiger partial charge in [0.25, 0.3) is 11.8 Å². The quantitative estimate of drug-likeness (QED) is 0.466. The van der Waals surface area contributed by atoms with Gasteiger partial charge in [-0.2, -0.15) is 4.98 Å². The fraction of sp³-hybridized carbons (Fsp3) is 0.478. The van der Waals surface area contributed by atoms with Gasteiger partial charge in [0.05, 0.1) is 24.3 Å². The monoisotopic (exact) mass is 487 g/mol. The molecule has 4 heterocycles. The van der Waals surface area contributed by atoms with Gasteiger partial charge < -0.3 is 39.4 Å². The number of amides is 3. The summed E-state index contributed by atoms with van der Waals surface area (Å²) in [5.41, 5.74) is 0.554. The molecule has 3 amide bonds. The minimum absolute atomic E-state index is 0.0207. The molecule has 1 saturated heterocycles. The van der Waals surface area contributed by atoms with E-state index in [9.17, 15) is 24.6 Å². The summed E-state index contributed by atoms with van der Waals surface area (Å²) >= 11 is 0. The Labute approximate surface area is 202 Å². The number of hydrogen-bond acceptors (Lipinski definition) is 9. The summed E-state index contributed by atoms with van der Waals surface area (Å²) in [7, 11) is 0. The lowest BCUT2D eigenvalue weighted by atomic mass is 10.0. The molecular formula is C23H29N5O7. The lowest BCUT2D eigenvalue weighted by molar-refractivity contribution is -0.129. The SMILES string of the molecule is CC(=O)N1CCN(c2ccc(NC(=O)c3coc4c3C(=O)N(CCO)CC4)c(OCCO)n2)CC1. The van der Waals surface area contributed by atoms with E-state index in [-0.39, 0.29) is 60.9 Å². The number of piperazine rings is 1. The van der Waals surface area contributed by atoms with Crippen LogP contribution in [0.4, 0.5) is 11.5 Å². The molecule has 12 heteroatoms. The second-order valence-electron chi connectivity index (χ2n) is 8.25. The highest BCUT2D eigenvalue weighted by Gasteiger charge is 2.32. The number of nitrogens with one attached hydrogen (secondary N) is 1. The average molecular weight is 488 g/mol. The Morgan fingerprint density at radius 2 is 1.91 bits per heavy atom. The number of fused-ring (bicyclic) bond motifs is 1. The van der Waals surface area contributed by atoms with Crippen molar-refractivity contribution in [2.24, 2.45) is 0 Å². The van der Waals surface area contributed by atoms with Crippen molar-refractivity contribution >= 4 is 29.2 Å². The molecule has 2 aromatic heterocycles. The lowest BCUT2D eigenvalue weighted by Crippen LogP contribution is -2.48. The van der Waals surface area contributed by atoms with Crippen molar-refractivity contribution in [2.75, 3.05) is 69.3 Å². The molecule has 12 nitrogen and oxygen atoms in total. The van der Waals surface area contributed by atoms with Crippen molar-refractivity contribution in [3.8, 4) is 5.88 Å². The highest BCUT2D eigenvalue weighted by atomic mass is 16.5. The van der Waals surface area contributed by atoms with E-state index in [1.54, 1.807) is 24.0 Å². The number of rotatable bonds is 8. The van der Waals surface area contributed by atoms with Crippen LogP contribution in [-0.4, -0.2) is 102 Å². The minimum Gasteiger partial charge on any atom is -0.474 e. The summed E-state index contributed by atoms with van der Waals surface area (Å²) in [6, 6.07) is 3.39. The molecule has 0 saturated carbocycles. The Kier molecular flexibility index (Phi) is 7.51. The highest BCUT2D eigenvalue weighted by molar-refractivity contribution is 6.13. The van der Waals surface area contributed by atoms with E-state index in [2.05, 4.69) is 10.3 Å². The fourth-order valence-corrected chi connectivity index (χ4v) is 4.21. The molecule has 0 aliphatic carbocycles. The molecule has 0 spiro atoms. The number of carbonyl (C=O) groups excluding carboxylic acids is 3. The van der Waals surface area contributed by atoms with Crippen LogP contribution in [0.15, 0.2) is 22.8 Å². The number of aliphatic hydroxyl groups is 2. The number of aromatic nitrogens is 1. The van der Waals surface area contributed by atoms with Crippen molar-refractivity contribution in [2.45, 2.75) is 13.3 Å². The third-order valence-electron chi connectivity index (χ3n) is 6.06. The number of β-amino-alcohol motifs (C(OH)–C–C–N with tert-alkyl or cyclic N) is 1. The van der Waals surface area contributed by atoms with Crippen LogP contribution in [0.2, 0.25) is 0 Å². The predicted molar refractivity (Wildman–Crippen MR) is 125 cm³/mol. The van der Waals surface area contributed by atoms with E-state index < -0.39 is 5.91 Å². The van der Waals surface area contributed by atoms with Gasteiger partial charge in [0.2, 0.25) is 11.8 Å². The maximum absolute atomic E-state index is 13.1. The topological polar surface area (TPSA) is 149 Å². The number of aliphatic hydroxyl groups excluding tert-OH is 2. The molecule has 0 bridgehead atoms. The zero-order valence-electron chi connectivity index (χ0n) is 19.5. The molecule has 188 valence electrons. The molecule has 1 fully saturated rings. The maximum atomic E-state index is 13.1. The first-order chi connectivity index (χ1) is 16.9. The van der Waals surface area contributed by atoms with Crippen molar-refractivity contribution in [3.63, 3.8) is 0 Å². The Hall–Kier alpha value is -3.64. The van der Waals surface area contributed by atoms with Gasteiger partial charge in [0.1, 0.15) is 30.1 Å². The predicted octanol–water partition coefficient (Wildman–Crippen LogP) is -0.0429. The van der Waals surface area contributed by atoms with Crippen LogP contribution in [0.25, 0.3) is 0 Å². The first-order valence-corrected chi connectivity index (χ1v) is 11.5. The number of ether oxygens (including phenoxy) is 1. The molecule has 0 radical (unpaired) electrons. The van der Waals surface area contributed by atoms with E-state index in [1.807, 2.05) is 4.90 Å². The maximum Gasteiger partial charge on any atom is 0.259 e. The van der Waals surface area contributed by atoms with Gasteiger partial charge in [0.15, 0.2) is 0 Å². The number of anilines is 2. The van der Waals surface area contributed by atoms with E-state index >= 15 is 0 Å². The third kappa shape index (κ3) is 5.23. The third-order valence-corrected chi connectivity index (χ3v) is 6.06. The van der Waals surface area contributed by atoms with Crippen LogP contribution in [0.3, 0.4) is 0 Å². The molecule has 3 N–H and O–H groups in total. The van der Waals surface area contributed by atoms with Crippen LogP contribution in [0, 0.1) is 0 Å². The lowest BCUT2D eigenvalue weighted by Gasteiger charge is -2.35. The smallest absolute Gasteiger partial charge is 0.259 e. The largest absolute Gasteiger partial charge is 0.474 e. The zero-order chi connectivity index (χ0) is 24.9. The molecule has 2 aromatic rings. The molecule has 0 atom stereocenters. The Balaban J connectivity index is 1.53. The first kappa shape index (κ1) is 24.5. The van der Waals surface area contributed by atoms with E-state index in [0.29, 0.717) is 50.7 Å². The molecule has 0 unspecified atom stereocenters. The average Bonchev–Trinajstić information content (AvgIpc) is 3.30. The van der Waals surface area contributed by atoms with Gasteiger partial charge >= 0.3 is 0 Å². The van der Waals surface area contributed by atoms with Gasteiger partial charge in [-0.3, -0.25) is 14.4 Å². The van der Waals surface area contributed by atoms with Gasteiger partial charge in [-0.25, -0.2) is 0 Å². The first-order valence-electron chi connectivity index (χ1n) is 11.5. The van der Waals surface area contributed by atoms with Crippen LogP contribution < -0.4 is 15.0 Å². The number of furan rings is 1. The minimum atomic E-state index is -0.562. The van der Waals surface area contributed by atoms with Gasteiger partial charge in [-0.05, 0) is 12.1 Å². The number of carbonyl (C=O) groups is 3. The molecular weight excluding hydrogens is 458 g/mol. The summed E-state index contributed by atoms with van der Waals surface area (Å²) in [6.45, 7) is 4.06. The Bertz CT molecular complexity index is 1090. The molecule has 2 aliphatic heterocycles.